The minimum absolute atomic E-state index is 0.255. The molecule has 2 aromatic carbocycles. The summed E-state index contributed by atoms with van der Waals surface area (Å²) in [5, 5.41) is 2.78. The summed E-state index contributed by atoms with van der Waals surface area (Å²) in [6.07, 6.45) is -0.369. The zero-order valence-electron chi connectivity index (χ0n) is 17.8. The Hall–Kier alpha value is -1.37. The molecule has 6 heteroatoms. The smallest absolute Gasteiger partial charge is 0.407 e. The Morgan fingerprint density at radius 2 is 1.34 bits per heavy atom. The lowest BCUT2D eigenvalue weighted by Gasteiger charge is -2.21. The molecule has 2 unspecified atom stereocenters. The fourth-order valence-electron chi connectivity index (χ4n) is 2.39. The molecule has 0 aromatic heterocycles. The summed E-state index contributed by atoms with van der Waals surface area (Å²) in [5.74, 6) is 0.716. The summed E-state index contributed by atoms with van der Waals surface area (Å²) in [4.78, 5) is 11.5. The minimum atomic E-state index is -0.453. The second-order valence-electron chi connectivity index (χ2n) is 8.02. The topological polar surface area (TPSA) is 64.3 Å². The third-order valence-corrected chi connectivity index (χ3v) is 5.24. The number of hydrogen-bond donors (Lipinski definition) is 2. The molecule has 0 aliphatic carbocycles. The van der Waals surface area contributed by atoms with Crippen LogP contribution in [0.1, 0.15) is 57.6 Å². The Balaban J connectivity index is 0.000000326. The van der Waals surface area contributed by atoms with Crippen molar-refractivity contribution in [1.82, 2.24) is 5.32 Å². The number of ether oxygens (including phenoxy) is 1. The maximum Gasteiger partial charge on any atom is 0.407 e. The molecule has 0 fully saturated rings. The Bertz CT molecular complexity index is 741. The SMILES string of the molecule is CC(CN)c1ccc(Br)cc1.CC(CNC(=O)OC(C)(C)C)c1ccc(Br)cc1. The van der Waals surface area contributed by atoms with Crippen molar-refractivity contribution in [3.8, 4) is 0 Å². The van der Waals surface area contributed by atoms with E-state index in [9.17, 15) is 4.79 Å². The molecule has 0 aliphatic rings. The fraction of sp³-hybridized carbons (Fsp3) is 0.435. The van der Waals surface area contributed by atoms with Crippen LogP contribution in [-0.4, -0.2) is 24.8 Å². The van der Waals surface area contributed by atoms with Crippen LogP contribution in [0.5, 0.6) is 0 Å². The average molecular weight is 528 g/mol. The van der Waals surface area contributed by atoms with Crippen LogP contribution in [0.2, 0.25) is 0 Å². The summed E-state index contributed by atoms with van der Waals surface area (Å²) in [6, 6.07) is 16.4. The van der Waals surface area contributed by atoms with Crippen molar-refractivity contribution in [3.05, 3.63) is 68.6 Å². The maximum atomic E-state index is 11.5. The van der Waals surface area contributed by atoms with E-state index in [0.717, 1.165) is 8.95 Å². The zero-order chi connectivity index (χ0) is 22.0. The molecule has 0 heterocycles. The van der Waals surface area contributed by atoms with Crippen molar-refractivity contribution in [2.75, 3.05) is 13.1 Å². The van der Waals surface area contributed by atoms with Crippen molar-refractivity contribution in [1.29, 1.82) is 0 Å². The molecular weight excluding hydrogens is 496 g/mol. The van der Waals surface area contributed by atoms with E-state index in [-0.39, 0.29) is 12.0 Å². The molecule has 0 spiro atoms. The van der Waals surface area contributed by atoms with Gasteiger partial charge in [0.25, 0.3) is 0 Å². The van der Waals surface area contributed by atoms with Gasteiger partial charge in [-0.1, -0.05) is 70.0 Å². The third kappa shape index (κ3) is 10.8. The van der Waals surface area contributed by atoms with Gasteiger partial charge in [0.05, 0.1) is 0 Å². The molecule has 4 nitrogen and oxygen atoms in total. The van der Waals surface area contributed by atoms with Crippen molar-refractivity contribution >= 4 is 38.0 Å². The largest absolute Gasteiger partial charge is 0.444 e. The number of nitrogens with one attached hydrogen (secondary N) is 1. The number of hydrogen-bond acceptors (Lipinski definition) is 3. The van der Waals surface area contributed by atoms with Crippen LogP contribution >= 0.6 is 31.9 Å². The van der Waals surface area contributed by atoms with E-state index < -0.39 is 5.60 Å². The van der Waals surface area contributed by atoms with Crippen molar-refractivity contribution in [2.24, 2.45) is 5.73 Å². The highest BCUT2D eigenvalue weighted by Gasteiger charge is 2.16. The van der Waals surface area contributed by atoms with Gasteiger partial charge in [0.2, 0.25) is 0 Å². The van der Waals surface area contributed by atoms with Gasteiger partial charge in [0.1, 0.15) is 5.60 Å². The van der Waals surface area contributed by atoms with E-state index in [1.54, 1.807) is 0 Å². The minimum Gasteiger partial charge on any atom is -0.444 e. The second kappa shape index (κ2) is 12.4. The Morgan fingerprint density at radius 1 is 0.931 bits per heavy atom. The van der Waals surface area contributed by atoms with Crippen molar-refractivity contribution in [2.45, 2.75) is 52.1 Å². The van der Waals surface area contributed by atoms with Gasteiger partial charge < -0.3 is 15.8 Å². The first kappa shape index (κ1) is 25.7. The zero-order valence-corrected chi connectivity index (χ0v) is 21.0. The first-order valence-corrected chi connectivity index (χ1v) is 11.3. The molecule has 0 saturated heterocycles. The summed E-state index contributed by atoms with van der Waals surface area (Å²) >= 11 is 6.79. The highest BCUT2D eigenvalue weighted by Crippen LogP contribution is 2.18. The average Bonchev–Trinajstić information content (AvgIpc) is 2.66. The summed E-state index contributed by atoms with van der Waals surface area (Å²) < 4.78 is 7.36. The lowest BCUT2D eigenvalue weighted by atomic mass is 10.0. The van der Waals surface area contributed by atoms with Crippen LogP contribution in [0.15, 0.2) is 57.5 Å². The molecular formula is C23H32Br2N2O2. The third-order valence-electron chi connectivity index (χ3n) is 4.18. The lowest BCUT2D eigenvalue weighted by Crippen LogP contribution is -2.34. The number of amides is 1. The van der Waals surface area contributed by atoms with E-state index in [2.05, 4.69) is 63.2 Å². The number of carbonyl (C=O) groups is 1. The number of benzene rings is 2. The first-order valence-electron chi connectivity index (χ1n) is 9.69. The second-order valence-corrected chi connectivity index (χ2v) is 9.86. The Morgan fingerprint density at radius 3 is 1.72 bits per heavy atom. The van der Waals surface area contributed by atoms with Gasteiger partial charge in [-0.2, -0.15) is 0 Å². The normalized spacial score (nSPS) is 13.0. The maximum absolute atomic E-state index is 11.5. The van der Waals surface area contributed by atoms with Gasteiger partial charge in [-0.25, -0.2) is 4.79 Å². The summed E-state index contributed by atoms with van der Waals surface area (Å²) in [7, 11) is 0. The van der Waals surface area contributed by atoms with Crippen molar-refractivity contribution in [3.63, 3.8) is 0 Å². The van der Waals surface area contributed by atoms with Crippen LogP contribution in [0, 0.1) is 0 Å². The number of nitrogens with two attached hydrogens (primary N) is 1. The number of halogens is 2. The van der Waals surface area contributed by atoms with Crippen LogP contribution in [0.3, 0.4) is 0 Å². The molecule has 2 aromatic rings. The van der Waals surface area contributed by atoms with Crippen LogP contribution in [-0.2, 0) is 4.74 Å². The lowest BCUT2D eigenvalue weighted by molar-refractivity contribution is 0.0525. The number of carbonyl (C=O) groups excluding carboxylic acids is 1. The van der Waals surface area contributed by atoms with Gasteiger partial charge in [0, 0.05) is 15.5 Å². The molecule has 29 heavy (non-hydrogen) atoms. The highest BCUT2D eigenvalue weighted by molar-refractivity contribution is 9.10. The summed E-state index contributed by atoms with van der Waals surface area (Å²) in [5.41, 5.74) is 7.57. The molecule has 3 N–H and O–H groups in total. The van der Waals surface area contributed by atoms with Gasteiger partial charge in [0.15, 0.2) is 0 Å². The van der Waals surface area contributed by atoms with Crippen LogP contribution in [0.25, 0.3) is 0 Å². The molecule has 2 rings (SSSR count). The van der Waals surface area contributed by atoms with E-state index in [4.69, 9.17) is 10.5 Å². The van der Waals surface area contributed by atoms with E-state index >= 15 is 0 Å². The Kier molecular flexibility index (Phi) is 10.9. The van der Waals surface area contributed by atoms with Gasteiger partial charge in [-0.3, -0.25) is 0 Å². The molecule has 0 bridgehead atoms. The number of rotatable bonds is 5. The first-order chi connectivity index (χ1) is 13.5. The van der Waals surface area contributed by atoms with E-state index in [1.807, 2.05) is 57.2 Å². The van der Waals surface area contributed by atoms with E-state index in [1.165, 1.54) is 11.1 Å². The quantitative estimate of drug-likeness (QED) is 0.461. The molecule has 1 amide bonds. The molecule has 0 aliphatic heterocycles. The van der Waals surface area contributed by atoms with Gasteiger partial charge in [-0.15, -0.1) is 0 Å². The molecule has 0 radical (unpaired) electrons. The predicted molar refractivity (Wildman–Crippen MR) is 128 cm³/mol. The monoisotopic (exact) mass is 526 g/mol. The van der Waals surface area contributed by atoms with Crippen LogP contribution < -0.4 is 11.1 Å². The number of alkyl carbamates (subject to hydrolysis) is 1. The molecule has 0 saturated carbocycles. The van der Waals surface area contributed by atoms with Crippen LogP contribution in [0.4, 0.5) is 4.79 Å². The predicted octanol–water partition coefficient (Wildman–Crippen LogP) is 6.59. The van der Waals surface area contributed by atoms with Gasteiger partial charge in [-0.05, 0) is 74.5 Å². The standard InChI is InChI=1S/C14H20BrNO2.C9H12BrN/c1-10(11-5-7-12(15)8-6-11)9-16-13(17)18-14(2,3)4;1-7(6-11)8-2-4-9(10)5-3-8/h5-8,10H,9H2,1-4H3,(H,16,17);2-5,7H,6,11H2,1H3. The molecule has 2 atom stereocenters. The molecule has 160 valence electrons. The fourth-order valence-corrected chi connectivity index (χ4v) is 2.92. The summed E-state index contributed by atoms with van der Waals surface area (Å²) in [6.45, 7) is 11.0. The van der Waals surface area contributed by atoms with Gasteiger partial charge >= 0.3 is 6.09 Å². The Labute approximate surface area is 191 Å². The van der Waals surface area contributed by atoms with E-state index in [0.29, 0.717) is 19.0 Å². The van der Waals surface area contributed by atoms with Crippen molar-refractivity contribution < 1.29 is 9.53 Å². The highest BCUT2D eigenvalue weighted by atomic mass is 79.9.